The molecule has 1 fully saturated rings. The fourth-order valence-corrected chi connectivity index (χ4v) is 3.78. The molecule has 1 aliphatic rings. The lowest BCUT2D eigenvalue weighted by Crippen LogP contribution is -2.40. The Morgan fingerprint density at radius 2 is 1.77 bits per heavy atom. The van der Waals surface area contributed by atoms with Gasteiger partial charge in [0, 0.05) is 6.54 Å². The molecule has 4 aromatic rings. The molecule has 7 heteroatoms. The van der Waals surface area contributed by atoms with Crippen LogP contribution in [0.15, 0.2) is 70.5 Å². The van der Waals surface area contributed by atoms with Crippen LogP contribution in [0.25, 0.3) is 16.9 Å². The van der Waals surface area contributed by atoms with Gasteiger partial charge < -0.3 is 4.57 Å². The number of nitriles is 1. The number of rotatable bonds is 5. The molecule has 0 radical (unpaired) electrons. The normalized spacial score (nSPS) is 13.4. The first-order valence-electron chi connectivity index (χ1n) is 9.91. The molecule has 0 N–H and O–H groups in total. The Balaban J connectivity index is 1.76. The maximum atomic E-state index is 13.3. The molecule has 2 heterocycles. The number of imidazole rings is 1. The summed E-state index contributed by atoms with van der Waals surface area (Å²) in [6.07, 6.45) is 3.63. The van der Waals surface area contributed by atoms with Gasteiger partial charge in [0.25, 0.3) is 5.56 Å². The van der Waals surface area contributed by atoms with E-state index < -0.39 is 0 Å². The third kappa shape index (κ3) is 3.03. The number of benzene rings is 2. The van der Waals surface area contributed by atoms with Gasteiger partial charge in [-0.05, 0) is 42.5 Å². The van der Waals surface area contributed by atoms with E-state index in [1.807, 2.05) is 48.5 Å². The first kappa shape index (κ1) is 18.1. The molecule has 0 amide bonds. The van der Waals surface area contributed by atoms with Gasteiger partial charge in [0.2, 0.25) is 0 Å². The van der Waals surface area contributed by atoms with E-state index in [9.17, 15) is 14.9 Å². The Labute approximate surface area is 172 Å². The van der Waals surface area contributed by atoms with E-state index >= 15 is 0 Å². The van der Waals surface area contributed by atoms with Gasteiger partial charge in [0.1, 0.15) is 0 Å². The molecular weight excluding hydrogens is 378 g/mol. The highest BCUT2D eigenvalue weighted by atomic mass is 16.2. The highest BCUT2D eigenvalue weighted by Gasteiger charge is 2.26. The van der Waals surface area contributed by atoms with E-state index in [1.165, 1.54) is 9.13 Å². The van der Waals surface area contributed by atoms with Gasteiger partial charge in [-0.2, -0.15) is 5.26 Å². The van der Waals surface area contributed by atoms with Gasteiger partial charge >= 0.3 is 5.69 Å². The zero-order valence-corrected chi connectivity index (χ0v) is 16.2. The summed E-state index contributed by atoms with van der Waals surface area (Å²) in [4.78, 5) is 31.0. The largest absolute Gasteiger partial charge is 0.337 e. The summed E-state index contributed by atoms with van der Waals surface area (Å²) in [6.45, 7) is 0.742. The number of aromatic nitrogens is 4. The molecule has 1 aliphatic carbocycles. The summed E-state index contributed by atoms with van der Waals surface area (Å²) in [7, 11) is 0. The third-order valence-electron chi connectivity index (χ3n) is 5.53. The van der Waals surface area contributed by atoms with E-state index in [0.717, 1.165) is 18.4 Å². The fourth-order valence-electron chi connectivity index (χ4n) is 3.78. The summed E-state index contributed by atoms with van der Waals surface area (Å²) in [5.74, 6) is 0.368. The minimum Gasteiger partial charge on any atom is -0.320 e. The Morgan fingerprint density at radius 1 is 1.03 bits per heavy atom. The van der Waals surface area contributed by atoms with Gasteiger partial charge in [-0.1, -0.05) is 36.4 Å². The summed E-state index contributed by atoms with van der Waals surface area (Å²) in [5, 5.41) is 9.41. The van der Waals surface area contributed by atoms with Crippen LogP contribution >= 0.6 is 0 Å². The van der Waals surface area contributed by atoms with Crippen LogP contribution in [0.5, 0.6) is 0 Å². The van der Waals surface area contributed by atoms with Crippen LogP contribution in [0, 0.1) is 17.2 Å². The number of hydrogen-bond donors (Lipinski definition) is 0. The van der Waals surface area contributed by atoms with Crippen LogP contribution in [0.2, 0.25) is 0 Å². The molecule has 7 nitrogen and oxygen atoms in total. The molecule has 0 atom stereocenters. The van der Waals surface area contributed by atoms with Crippen LogP contribution in [-0.4, -0.2) is 18.7 Å². The van der Waals surface area contributed by atoms with Gasteiger partial charge in [-0.25, -0.2) is 14.3 Å². The summed E-state index contributed by atoms with van der Waals surface area (Å²) in [6, 6.07) is 18.7. The first-order valence-corrected chi connectivity index (χ1v) is 9.91. The van der Waals surface area contributed by atoms with E-state index in [-0.39, 0.29) is 11.2 Å². The minimum atomic E-state index is -0.367. The van der Waals surface area contributed by atoms with Crippen molar-refractivity contribution in [2.45, 2.75) is 25.9 Å². The zero-order chi connectivity index (χ0) is 20.7. The van der Waals surface area contributed by atoms with Crippen molar-refractivity contribution in [2.24, 2.45) is 5.92 Å². The van der Waals surface area contributed by atoms with Crippen molar-refractivity contribution in [3.8, 4) is 11.8 Å². The monoisotopic (exact) mass is 397 g/mol. The molecule has 30 heavy (non-hydrogen) atoms. The van der Waals surface area contributed by atoms with Crippen molar-refractivity contribution in [1.82, 2.24) is 18.7 Å². The van der Waals surface area contributed by atoms with E-state index in [2.05, 4.69) is 11.1 Å². The smallest absolute Gasteiger partial charge is 0.320 e. The lowest BCUT2D eigenvalue weighted by molar-refractivity contribution is 0.567. The summed E-state index contributed by atoms with van der Waals surface area (Å²) >= 11 is 0. The van der Waals surface area contributed by atoms with Crippen molar-refractivity contribution in [2.75, 3.05) is 0 Å². The van der Waals surface area contributed by atoms with E-state index in [4.69, 9.17) is 0 Å². The predicted octanol–water partition coefficient (Wildman–Crippen LogP) is 2.68. The van der Waals surface area contributed by atoms with Crippen molar-refractivity contribution >= 4 is 11.2 Å². The van der Waals surface area contributed by atoms with Crippen LogP contribution in [0.3, 0.4) is 0 Å². The van der Waals surface area contributed by atoms with Gasteiger partial charge in [0.05, 0.1) is 30.2 Å². The van der Waals surface area contributed by atoms with E-state index in [0.29, 0.717) is 41.4 Å². The zero-order valence-electron chi connectivity index (χ0n) is 16.2. The predicted molar refractivity (Wildman–Crippen MR) is 113 cm³/mol. The van der Waals surface area contributed by atoms with Crippen molar-refractivity contribution in [3.63, 3.8) is 0 Å². The van der Waals surface area contributed by atoms with E-state index in [1.54, 1.807) is 17.0 Å². The lowest BCUT2D eigenvalue weighted by atomic mass is 10.1. The average Bonchev–Trinajstić information content (AvgIpc) is 3.51. The van der Waals surface area contributed by atoms with Crippen molar-refractivity contribution in [3.05, 3.63) is 92.9 Å². The Kier molecular flexibility index (Phi) is 4.32. The second kappa shape index (κ2) is 7.16. The Morgan fingerprint density at radius 3 is 2.50 bits per heavy atom. The molecule has 0 saturated heterocycles. The lowest BCUT2D eigenvalue weighted by Gasteiger charge is -2.13. The minimum absolute atomic E-state index is 0.325. The van der Waals surface area contributed by atoms with Gasteiger partial charge in [-0.15, -0.1) is 0 Å². The molecule has 2 aromatic heterocycles. The number of hydrogen-bond acceptors (Lipinski definition) is 4. The maximum Gasteiger partial charge on any atom is 0.337 e. The molecular formula is C23H19N5O2. The van der Waals surface area contributed by atoms with Crippen LogP contribution < -0.4 is 11.2 Å². The average molecular weight is 397 g/mol. The van der Waals surface area contributed by atoms with Crippen molar-refractivity contribution < 1.29 is 0 Å². The quantitative estimate of drug-likeness (QED) is 0.518. The molecule has 5 rings (SSSR count). The molecule has 2 aromatic carbocycles. The van der Waals surface area contributed by atoms with Crippen LogP contribution in [0.1, 0.15) is 24.0 Å². The fraction of sp³-hybridized carbons (Fsp3) is 0.217. The number of nitrogens with zero attached hydrogens (tertiary/aromatic N) is 5. The van der Waals surface area contributed by atoms with Crippen LogP contribution in [0.4, 0.5) is 0 Å². The molecule has 0 bridgehead atoms. The second-order valence-corrected chi connectivity index (χ2v) is 7.63. The Bertz CT molecular complexity index is 1400. The van der Waals surface area contributed by atoms with Gasteiger partial charge in [-0.3, -0.25) is 9.36 Å². The highest BCUT2D eigenvalue weighted by Crippen LogP contribution is 2.30. The third-order valence-corrected chi connectivity index (χ3v) is 5.53. The first-order chi connectivity index (χ1) is 14.7. The van der Waals surface area contributed by atoms with Crippen LogP contribution in [-0.2, 0) is 13.1 Å². The number of fused-ring (bicyclic) bond motifs is 1. The van der Waals surface area contributed by atoms with Gasteiger partial charge in [0.15, 0.2) is 11.2 Å². The molecule has 0 aliphatic heterocycles. The highest BCUT2D eigenvalue weighted by molar-refractivity contribution is 5.72. The summed E-state index contributed by atoms with van der Waals surface area (Å²) in [5.41, 5.74) is 2.01. The Hall–Kier alpha value is -3.92. The molecule has 0 spiro atoms. The second-order valence-electron chi connectivity index (χ2n) is 7.63. The maximum absolute atomic E-state index is 13.3. The standard InChI is InChI=1S/C23H19N5O2/c24-12-17-6-4-5-7-18(17)14-26-15-25-21-20(26)22(29)27(13-16-10-11-16)23(30)28(21)19-8-2-1-3-9-19/h1-9,15-16H,10-11,13-14H2. The topological polar surface area (TPSA) is 85.6 Å². The number of para-hydroxylation sites is 1. The van der Waals surface area contributed by atoms with Crippen molar-refractivity contribution in [1.29, 1.82) is 5.26 Å². The SMILES string of the molecule is N#Cc1ccccc1Cn1cnc2c1c(=O)n(CC1CC1)c(=O)n2-c1ccccc1. The molecule has 148 valence electrons. The molecule has 0 unspecified atom stereocenters. The molecule has 1 saturated carbocycles. The summed E-state index contributed by atoms with van der Waals surface area (Å²) < 4.78 is 4.57.